The molecule has 0 spiro atoms. The molecule has 0 unspecified atom stereocenters. The molecular weight excluding hydrogens is 844 g/mol. The number of fused-ring (bicyclic) bond motifs is 4. The van der Waals surface area contributed by atoms with Crippen molar-refractivity contribution in [1.29, 1.82) is 0 Å². The van der Waals surface area contributed by atoms with Gasteiger partial charge in [0.15, 0.2) is 0 Å². The molecule has 0 aliphatic heterocycles. The van der Waals surface area contributed by atoms with E-state index < -0.39 is 18.5 Å². The number of benzene rings is 3. The average Bonchev–Trinajstić information content (AvgIpc) is 3.60. The van der Waals surface area contributed by atoms with Crippen LogP contribution in [0, 0.1) is 13.8 Å². The van der Waals surface area contributed by atoms with Gasteiger partial charge in [0.2, 0.25) is 0 Å². The number of anilines is 2. The minimum absolute atomic E-state index is 0.0732. The minimum atomic E-state index is -1.92. The first-order valence-electron chi connectivity index (χ1n) is 17.9. The van der Waals surface area contributed by atoms with Gasteiger partial charge < -0.3 is 20.6 Å². The second-order valence-electron chi connectivity index (χ2n) is 15.6. The van der Waals surface area contributed by atoms with E-state index in [-0.39, 0.29) is 11.1 Å². The van der Waals surface area contributed by atoms with Gasteiger partial charge in [-0.05, 0) is 114 Å². The van der Waals surface area contributed by atoms with Crippen molar-refractivity contribution in [2.75, 3.05) is 11.5 Å². The van der Waals surface area contributed by atoms with Crippen LogP contribution in [0.4, 0.5) is 11.6 Å². The summed E-state index contributed by atoms with van der Waals surface area (Å²) >= 11 is -1.92. The molecule has 0 radical (unpaired) electrons. The summed E-state index contributed by atoms with van der Waals surface area (Å²) in [6, 6.07) is 21.5. The summed E-state index contributed by atoms with van der Waals surface area (Å²) in [4.78, 5) is 17.7. The Morgan fingerprint density at radius 1 is 0.623 bits per heavy atom. The molecule has 53 heavy (non-hydrogen) atoms. The molecule has 4 aromatic heterocycles. The van der Waals surface area contributed by atoms with E-state index in [4.69, 9.17) is 18.3 Å². The molecule has 0 amide bonds. The molecule has 4 N–H and O–H groups in total. The molecule has 0 saturated heterocycles. The van der Waals surface area contributed by atoms with Gasteiger partial charge in [0.05, 0.1) is 10.8 Å². The third-order valence-corrected chi connectivity index (χ3v) is 10.1. The molecule has 8 rings (SSSR count). The second-order valence-corrected chi connectivity index (χ2v) is 16.0. The fourth-order valence-corrected chi connectivity index (χ4v) is 8.26. The Morgan fingerprint density at radius 3 is 1.66 bits per heavy atom. The van der Waals surface area contributed by atoms with Crippen LogP contribution in [0.2, 0.25) is 0 Å². The third kappa shape index (κ3) is 6.97. The number of hydrogen-bond acceptors (Lipinski definition) is 8. The van der Waals surface area contributed by atoms with Gasteiger partial charge in [0, 0.05) is 33.6 Å². The molecule has 11 heteroatoms. The van der Waals surface area contributed by atoms with Gasteiger partial charge >= 0.3 is 25.3 Å². The van der Waals surface area contributed by atoms with E-state index in [0.29, 0.717) is 11.6 Å². The van der Waals surface area contributed by atoms with Crippen molar-refractivity contribution >= 4 is 44.5 Å². The number of aromatic nitrogens is 6. The first-order chi connectivity index (χ1) is 25.2. The quantitative estimate of drug-likeness (QED) is 0.175. The van der Waals surface area contributed by atoms with Gasteiger partial charge in [-0.15, -0.1) is 0 Å². The molecule has 1 aliphatic rings. The van der Waals surface area contributed by atoms with Gasteiger partial charge in [-0.1, -0.05) is 60.7 Å². The number of nitrogen functional groups attached to an aromatic ring is 2. The van der Waals surface area contributed by atoms with E-state index >= 15 is 0 Å². The van der Waals surface area contributed by atoms with Crippen molar-refractivity contribution in [1.82, 2.24) is 29.1 Å². The van der Waals surface area contributed by atoms with Crippen LogP contribution in [0.1, 0.15) is 76.9 Å². The summed E-state index contributed by atoms with van der Waals surface area (Å²) in [6.07, 6.45) is 7.97. The van der Waals surface area contributed by atoms with Crippen LogP contribution < -0.4 is 11.5 Å². The van der Waals surface area contributed by atoms with Gasteiger partial charge in [-0.3, -0.25) is 0 Å². The maximum absolute atomic E-state index is 8.49. The van der Waals surface area contributed by atoms with Crippen LogP contribution in [0.3, 0.4) is 0 Å². The number of nitrogens with two attached hydrogens (primary N) is 2. The molecule has 10 nitrogen and oxygen atoms in total. The predicted molar refractivity (Wildman–Crippen MR) is 210 cm³/mol. The summed E-state index contributed by atoms with van der Waals surface area (Å²) in [5.41, 5.74) is 24.4. The molecule has 278 valence electrons. The summed E-state index contributed by atoms with van der Waals surface area (Å²) in [6.45, 7) is 17.5. The Kier molecular flexibility index (Phi) is 10.6. The average molecular weight is 892 g/mol. The van der Waals surface area contributed by atoms with Crippen molar-refractivity contribution in [3.05, 3.63) is 95.8 Å². The van der Waals surface area contributed by atoms with Crippen molar-refractivity contribution in [2.45, 2.75) is 92.2 Å². The number of aryl methyl sites for hydroxylation is 1. The van der Waals surface area contributed by atoms with Crippen LogP contribution in [0.5, 0.6) is 0 Å². The van der Waals surface area contributed by atoms with E-state index in [1.807, 2.05) is 0 Å². The molecule has 3 aromatic carbocycles. The third-order valence-electron chi connectivity index (χ3n) is 10.1. The molecule has 0 fully saturated rings. The Morgan fingerprint density at radius 2 is 1.09 bits per heavy atom. The standard InChI is InChI=1S/C21H26N4.C21H22N4.2O.Pt/c2*1-13-17(16-11-7-9-14-8-5-6-10-15(14)16)18-19(22)23-12-24-20(18)25(13)21(2,3)4;;;/h7,9,11-12H,5-6,8,10H2,1-4H3,(H2,22,23,24);5-12H,1-4H3,(H2,22,23,24);;;. The Labute approximate surface area is 319 Å². The van der Waals surface area contributed by atoms with Crippen molar-refractivity contribution < 1.29 is 25.3 Å². The zero-order chi connectivity index (χ0) is 38.2. The van der Waals surface area contributed by atoms with Crippen LogP contribution in [-0.2, 0) is 49.2 Å². The van der Waals surface area contributed by atoms with Gasteiger partial charge in [0.1, 0.15) is 35.6 Å². The van der Waals surface area contributed by atoms with Gasteiger partial charge in [0.25, 0.3) is 0 Å². The van der Waals surface area contributed by atoms with Gasteiger partial charge in [-0.2, -0.15) is 0 Å². The molecule has 7 aromatic rings. The fraction of sp³-hybridized carbons (Fsp3) is 0.333. The summed E-state index contributed by atoms with van der Waals surface area (Å²) < 4.78 is 21.5. The number of hydrogen-bond donors (Lipinski definition) is 2. The summed E-state index contributed by atoms with van der Waals surface area (Å²) in [5.74, 6) is 1.10. The monoisotopic (exact) mass is 891 g/mol. The SMILES string of the molecule is Cc1c(-c2cccc3c2CCCC3)c2c(N)ncnc2n1C(C)(C)C.Cc1c(-c2cccc3ccccc23)c2c(N)ncnc2n1C(C)(C)C.[O]=[Pt]=[O]. The van der Waals surface area contributed by atoms with Crippen LogP contribution in [0.25, 0.3) is 55.1 Å². The topological polar surface area (TPSA) is 148 Å². The number of rotatable bonds is 2. The van der Waals surface area contributed by atoms with E-state index in [1.165, 1.54) is 63.5 Å². The summed E-state index contributed by atoms with van der Waals surface area (Å²) in [5, 5.41) is 4.36. The molecule has 4 heterocycles. The van der Waals surface area contributed by atoms with E-state index in [2.05, 4.69) is 145 Å². The van der Waals surface area contributed by atoms with E-state index in [0.717, 1.165) is 39.7 Å². The van der Waals surface area contributed by atoms with Crippen molar-refractivity contribution in [3.8, 4) is 22.3 Å². The Hall–Kier alpha value is -4.95. The Balaban J connectivity index is 0.000000169. The Bertz CT molecular complexity index is 2510. The van der Waals surface area contributed by atoms with E-state index in [9.17, 15) is 0 Å². The molecule has 0 atom stereocenters. The fourth-order valence-electron chi connectivity index (χ4n) is 8.26. The molecule has 0 saturated carbocycles. The van der Waals surface area contributed by atoms with Crippen LogP contribution in [0.15, 0.2) is 73.3 Å². The molecule has 1 aliphatic carbocycles. The zero-order valence-electron chi connectivity index (χ0n) is 31.7. The van der Waals surface area contributed by atoms with Gasteiger partial charge in [-0.25, -0.2) is 19.9 Å². The van der Waals surface area contributed by atoms with Crippen molar-refractivity contribution in [2.24, 2.45) is 0 Å². The molecular formula is C42H48N8O2Pt. The summed E-state index contributed by atoms with van der Waals surface area (Å²) in [7, 11) is 0. The predicted octanol–water partition coefficient (Wildman–Crippen LogP) is 9.28. The maximum atomic E-state index is 8.49. The molecule has 0 bridgehead atoms. The first-order valence-corrected chi connectivity index (χ1v) is 19.7. The van der Waals surface area contributed by atoms with E-state index in [1.54, 1.807) is 12.7 Å². The number of nitrogens with zero attached hydrogens (tertiary/aromatic N) is 6. The first kappa shape index (κ1) is 37.8. The van der Waals surface area contributed by atoms with Crippen molar-refractivity contribution in [3.63, 3.8) is 0 Å². The zero-order valence-corrected chi connectivity index (χ0v) is 34.0. The normalized spacial score (nSPS) is 13.1. The second kappa shape index (κ2) is 14.8. The van der Waals surface area contributed by atoms with Crippen LogP contribution in [-0.4, -0.2) is 29.1 Å². The van der Waals surface area contributed by atoms with Crippen LogP contribution >= 0.6 is 0 Å².